The number of fused-ring (bicyclic) bond motifs is 5. The summed E-state index contributed by atoms with van der Waals surface area (Å²) in [6.45, 7) is 11.7. The summed E-state index contributed by atoms with van der Waals surface area (Å²) in [7, 11) is 0. The monoisotopic (exact) mass is 923 g/mol. The molecule has 11 atom stereocenters. The first kappa shape index (κ1) is 48.5. The van der Waals surface area contributed by atoms with Crippen LogP contribution >= 0.6 is 0 Å². The number of ether oxygens (including phenoxy) is 7. The highest BCUT2D eigenvalue weighted by atomic mass is 16.7. The number of rotatable bonds is 12. The first-order valence-corrected chi connectivity index (χ1v) is 22.4. The van der Waals surface area contributed by atoms with Gasteiger partial charge in [0.1, 0.15) is 30.0 Å². The van der Waals surface area contributed by atoms with Gasteiger partial charge in [0.2, 0.25) is 6.10 Å². The second-order valence-electron chi connectivity index (χ2n) is 18.5. The van der Waals surface area contributed by atoms with E-state index in [0.717, 1.165) is 6.92 Å². The van der Waals surface area contributed by atoms with Crippen LogP contribution in [-0.4, -0.2) is 102 Å². The second kappa shape index (κ2) is 18.7. The van der Waals surface area contributed by atoms with Crippen LogP contribution < -0.4 is 5.32 Å². The second-order valence-corrected chi connectivity index (χ2v) is 18.5. The van der Waals surface area contributed by atoms with Gasteiger partial charge in [0, 0.05) is 36.7 Å². The number of amides is 1. The summed E-state index contributed by atoms with van der Waals surface area (Å²) in [6.07, 6.45) is -9.22. The summed E-state index contributed by atoms with van der Waals surface area (Å²) >= 11 is 0. The van der Waals surface area contributed by atoms with Crippen LogP contribution in [0.1, 0.15) is 101 Å². The molecule has 1 saturated heterocycles. The standard InChI is InChI=1S/C51H57NO15/c1-9-61-47(59)65-40(38(32-19-13-10-14-20-32)52-44(56)33-21-15-11-16-22-33)46(58)64-35-26-51(60)43(66-45(57)34-23-17-12-18-24-34)41-49(8,28(2)25-36-50(41,27-62-36)67-31(5)54)42(55)39(63-30(4)53)37(29(35)3)48(51,6)7/h10-24,28,35-36,38-41,43,60H,9,25-27H2,1-8H3,(H,52,56)/t28-,35-,36?,38-,39+,40+,41-,43?,49+,50-,51+/m0/s1. The zero-order chi connectivity index (χ0) is 48.6. The number of aliphatic hydroxyl groups is 1. The maximum Gasteiger partial charge on any atom is 0.509 e. The van der Waals surface area contributed by atoms with Crippen molar-refractivity contribution in [1.82, 2.24) is 5.32 Å². The van der Waals surface area contributed by atoms with Crippen molar-refractivity contribution < 1.29 is 71.8 Å². The maximum absolute atomic E-state index is 15.8. The molecule has 2 N–H and O–H groups in total. The van der Waals surface area contributed by atoms with E-state index in [1.807, 2.05) is 0 Å². The molecule has 3 aromatic carbocycles. The Kier molecular flexibility index (Phi) is 13.6. The van der Waals surface area contributed by atoms with E-state index in [1.165, 1.54) is 26.0 Å². The summed E-state index contributed by atoms with van der Waals surface area (Å²) in [4.78, 5) is 98.6. The molecule has 3 aliphatic carbocycles. The Morgan fingerprint density at radius 1 is 0.836 bits per heavy atom. The molecule has 2 unspecified atom stereocenters. The molecule has 0 spiro atoms. The quantitative estimate of drug-likeness (QED) is 0.118. The van der Waals surface area contributed by atoms with E-state index >= 15 is 9.59 Å². The molecule has 7 rings (SSSR count). The molecular weight excluding hydrogens is 867 g/mol. The maximum atomic E-state index is 15.8. The van der Waals surface area contributed by atoms with Gasteiger partial charge in [-0.2, -0.15) is 0 Å². The molecule has 2 bridgehead atoms. The number of ketones is 1. The van der Waals surface area contributed by atoms with E-state index in [-0.39, 0.29) is 41.9 Å². The molecule has 16 nitrogen and oxygen atoms in total. The Labute approximate surface area is 388 Å². The predicted octanol–water partition coefficient (Wildman–Crippen LogP) is 6.19. The Morgan fingerprint density at radius 2 is 1.43 bits per heavy atom. The zero-order valence-corrected chi connectivity index (χ0v) is 38.8. The molecule has 16 heteroatoms. The number of esters is 4. The molecule has 1 aliphatic heterocycles. The SMILES string of the molecule is CCOC(=O)O[C@@H](C(=O)O[C@H]1C[C@@]2(O)C(OC(=O)c3ccccc3)[C@H]3[C@](C)(C(=O)[C@H](OC(C)=O)C(=C1C)C2(C)C)[C@@H](C)CC1OC[C@]13OC(C)=O)[C@@H](NC(=O)c1ccccc1)c1ccccc1. The summed E-state index contributed by atoms with van der Waals surface area (Å²) in [5, 5.41) is 16.7. The van der Waals surface area contributed by atoms with Crippen LogP contribution in [0.15, 0.2) is 102 Å². The van der Waals surface area contributed by atoms with Crippen molar-refractivity contribution in [2.75, 3.05) is 13.2 Å². The van der Waals surface area contributed by atoms with Crippen molar-refractivity contribution in [1.29, 1.82) is 0 Å². The Balaban J connectivity index is 1.42. The number of hydrogen-bond acceptors (Lipinski definition) is 15. The molecule has 3 aromatic rings. The van der Waals surface area contributed by atoms with Crippen molar-refractivity contribution in [3.05, 3.63) is 119 Å². The summed E-state index contributed by atoms with van der Waals surface area (Å²) in [5.74, 6) is -6.84. The molecule has 0 aromatic heterocycles. The topological polar surface area (TPSA) is 216 Å². The van der Waals surface area contributed by atoms with Crippen LogP contribution in [0, 0.1) is 22.7 Å². The van der Waals surface area contributed by atoms with Gasteiger partial charge in [-0.15, -0.1) is 0 Å². The minimum absolute atomic E-state index is 0.0697. The van der Waals surface area contributed by atoms with Crippen molar-refractivity contribution in [2.45, 2.75) is 116 Å². The van der Waals surface area contributed by atoms with Crippen LogP contribution in [0.25, 0.3) is 0 Å². The van der Waals surface area contributed by atoms with Gasteiger partial charge in [-0.1, -0.05) is 94.4 Å². The zero-order valence-electron chi connectivity index (χ0n) is 38.8. The predicted molar refractivity (Wildman–Crippen MR) is 237 cm³/mol. The molecule has 3 fully saturated rings. The number of carbonyl (C=O) groups is 7. The van der Waals surface area contributed by atoms with E-state index in [2.05, 4.69) is 5.32 Å². The van der Waals surface area contributed by atoms with Gasteiger partial charge in [-0.25, -0.2) is 14.4 Å². The Bertz CT molecular complexity index is 2440. The van der Waals surface area contributed by atoms with Gasteiger partial charge in [-0.3, -0.25) is 19.2 Å². The summed E-state index contributed by atoms with van der Waals surface area (Å²) in [5.41, 5.74) is -6.31. The Hall–Kier alpha value is -6.39. The first-order chi connectivity index (χ1) is 31.7. The van der Waals surface area contributed by atoms with Gasteiger partial charge >= 0.3 is 30.0 Å². The van der Waals surface area contributed by atoms with E-state index in [1.54, 1.807) is 113 Å². The average molecular weight is 924 g/mol. The normalized spacial score (nSPS) is 30.2. The van der Waals surface area contributed by atoms with Crippen molar-refractivity contribution in [3.63, 3.8) is 0 Å². The van der Waals surface area contributed by atoms with E-state index in [9.17, 15) is 29.1 Å². The fraction of sp³-hybridized carbons (Fsp3) is 0.471. The van der Waals surface area contributed by atoms with Crippen LogP contribution in [0.4, 0.5) is 4.79 Å². The first-order valence-electron chi connectivity index (χ1n) is 22.4. The lowest BCUT2D eigenvalue weighted by atomic mass is 9.43. The van der Waals surface area contributed by atoms with Gasteiger partial charge in [-0.05, 0) is 67.2 Å². The number of benzene rings is 3. The molecule has 0 radical (unpaired) electrons. The van der Waals surface area contributed by atoms with Gasteiger partial charge < -0.3 is 43.6 Å². The van der Waals surface area contributed by atoms with Crippen LogP contribution in [0.3, 0.4) is 0 Å². The van der Waals surface area contributed by atoms with Crippen LogP contribution in [0.2, 0.25) is 0 Å². The summed E-state index contributed by atoms with van der Waals surface area (Å²) < 4.78 is 42.0. The third kappa shape index (κ3) is 8.61. The van der Waals surface area contributed by atoms with Crippen molar-refractivity contribution in [3.8, 4) is 0 Å². The molecule has 2 saturated carbocycles. The Morgan fingerprint density at radius 3 is 1.99 bits per heavy atom. The minimum atomic E-state index is -2.34. The fourth-order valence-corrected chi connectivity index (χ4v) is 10.8. The molecule has 4 aliphatic rings. The van der Waals surface area contributed by atoms with Crippen LogP contribution in [0.5, 0.6) is 0 Å². The minimum Gasteiger partial charge on any atom is -0.455 e. The third-order valence-electron chi connectivity index (χ3n) is 14.4. The van der Waals surface area contributed by atoms with Crippen molar-refractivity contribution in [2.24, 2.45) is 22.7 Å². The lowest BCUT2D eigenvalue weighted by Crippen LogP contribution is -2.80. The molecule has 67 heavy (non-hydrogen) atoms. The third-order valence-corrected chi connectivity index (χ3v) is 14.4. The van der Waals surface area contributed by atoms with Gasteiger partial charge in [0.05, 0.1) is 24.7 Å². The summed E-state index contributed by atoms with van der Waals surface area (Å²) in [6, 6.07) is 23.0. The van der Waals surface area contributed by atoms with Gasteiger partial charge in [0.15, 0.2) is 17.5 Å². The molecule has 1 heterocycles. The fourth-order valence-electron chi connectivity index (χ4n) is 10.8. The van der Waals surface area contributed by atoms with E-state index < -0.39 is 119 Å². The molecule has 356 valence electrons. The number of hydrogen-bond donors (Lipinski definition) is 2. The largest absolute Gasteiger partial charge is 0.509 e. The highest BCUT2D eigenvalue weighted by molar-refractivity contribution is 5.96. The molecular formula is C51H57NO15. The lowest BCUT2D eigenvalue weighted by molar-refractivity contribution is -0.340. The molecule has 1 amide bonds. The van der Waals surface area contributed by atoms with E-state index in [0.29, 0.717) is 5.56 Å². The smallest absolute Gasteiger partial charge is 0.455 e. The number of carbonyl (C=O) groups excluding carboxylic acids is 7. The van der Waals surface area contributed by atoms with Crippen molar-refractivity contribution >= 4 is 41.7 Å². The van der Waals surface area contributed by atoms with Gasteiger partial charge in [0.25, 0.3) is 5.91 Å². The average Bonchev–Trinajstić information content (AvgIpc) is 3.29. The lowest BCUT2D eigenvalue weighted by Gasteiger charge is -2.68. The number of Topliss-reactive ketones (excluding diaryl/α,β-unsaturated/α-hetero) is 1. The van der Waals surface area contributed by atoms with Crippen LogP contribution in [-0.2, 0) is 52.3 Å². The highest BCUT2D eigenvalue weighted by Crippen LogP contribution is 2.65. The van der Waals surface area contributed by atoms with E-state index in [4.69, 9.17) is 33.2 Å². The number of nitrogens with one attached hydrogen (secondary N) is 1. The highest BCUT2D eigenvalue weighted by Gasteiger charge is 2.77.